The Bertz CT molecular complexity index is 645. The molecule has 1 aliphatic carbocycles. The molecule has 4 rings (SSSR count). The van der Waals surface area contributed by atoms with E-state index >= 15 is 0 Å². The van der Waals surface area contributed by atoms with E-state index in [0.717, 1.165) is 23.8 Å². The molecule has 0 unspecified atom stereocenters. The number of aromatic nitrogens is 3. The Kier molecular flexibility index (Phi) is 3.18. The van der Waals surface area contributed by atoms with Gasteiger partial charge in [0.05, 0.1) is 6.20 Å². The van der Waals surface area contributed by atoms with Crippen LogP contribution < -0.4 is 0 Å². The zero-order chi connectivity index (χ0) is 14.2. The number of amides is 1. The number of hydrogen-bond acceptors (Lipinski definition) is 5. The Balaban J connectivity index is 1.52. The minimum absolute atomic E-state index is 0.0655. The number of fused-ring (bicyclic) bond motifs is 1. The number of likely N-dealkylation sites (tertiary alicyclic amines) is 1. The molecule has 21 heavy (non-hydrogen) atoms. The third kappa shape index (κ3) is 2.33. The van der Waals surface area contributed by atoms with Crippen LogP contribution in [-0.4, -0.2) is 38.8 Å². The molecule has 1 saturated heterocycles. The molecule has 3 heterocycles. The highest BCUT2D eigenvalue weighted by atomic mass is 32.1. The first-order valence-corrected chi connectivity index (χ1v) is 8.20. The molecule has 0 bridgehead atoms. The van der Waals surface area contributed by atoms with E-state index in [0.29, 0.717) is 17.5 Å². The van der Waals surface area contributed by atoms with Gasteiger partial charge in [-0.1, -0.05) is 6.42 Å². The lowest BCUT2D eigenvalue weighted by Crippen LogP contribution is -2.29. The summed E-state index contributed by atoms with van der Waals surface area (Å²) in [5, 5.41) is 2.59. The summed E-state index contributed by atoms with van der Waals surface area (Å²) in [6, 6.07) is 0. The van der Waals surface area contributed by atoms with Gasteiger partial charge in [0.1, 0.15) is 16.4 Å². The lowest BCUT2D eigenvalue weighted by Gasteiger charge is -2.15. The molecule has 1 amide bonds. The van der Waals surface area contributed by atoms with Crippen molar-refractivity contribution in [2.45, 2.75) is 19.3 Å². The quantitative estimate of drug-likeness (QED) is 0.855. The predicted octanol–water partition coefficient (Wildman–Crippen LogP) is 2.47. The Morgan fingerprint density at radius 1 is 1.24 bits per heavy atom. The fourth-order valence-corrected chi connectivity index (χ4v) is 4.22. The van der Waals surface area contributed by atoms with Gasteiger partial charge in [-0.05, 0) is 24.7 Å². The number of carbonyl (C=O) groups is 1. The third-order valence-electron chi connectivity index (χ3n) is 4.52. The van der Waals surface area contributed by atoms with E-state index in [2.05, 4.69) is 15.0 Å². The zero-order valence-corrected chi connectivity index (χ0v) is 12.4. The van der Waals surface area contributed by atoms with Crippen LogP contribution in [-0.2, 0) is 0 Å². The van der Waals surface area contributed by atoms with Crippen molar-refractivity contribution in [2.24, 2.45) is 11.8 Å². The summed E-state index contributed by atoms with van der Waals surface area (Å²) in [6.45, 7) is 1.81. The van der Waals surface area contributed by atoms with Crippen molar-refractivity contribution in [1.82, 2.24) is 19.9 Å². The SMILES string of the molecule is O=C(c1csc(-c2cnccn2)n1)N1C[C@H]2CCC[C@H]2C1. The molecule has 0 aromatic carbocycles. The highest BCUT2D eigenvalue weighted by Gasteiger charge is 2.38. The van der Waals surface area contributed by atoms with Crippen molar-refractivity contribution < 1.29 is 4.79 Å². The van der Waals surface area contributed by atoms with Crippen LogP contribution in [0.15, 0.2) is 24.0 Å². The Hall–Kier alpha value is -1.82. The summed E-state index contributed by atoms with van der Waals surface area (Å²) < 4.78 is 0. The van der Waals surface area contributed by atoms with Crippen LogP contribution in [0.1, 0.15) is 29.8 Å². The molecule has 2 atom stereocenters. The summed E-state index contributed by atoms with van der Waals surface area (Å²) >= 11 is 1.45. The van der Waals surface area contributed by atoms with Gasteiger partial charge < -0.3 is 4.90 Å². The van der Waals surface area contributed by atoms with Crippen molar-refractivity contribution in [3.63, 3.8) is 0 Å². The van der Waals surface area contributed by atoms with E-state index in [1.54, 1.807) is 18.6 Å². The summed E-state index contributed by atoms with van der Waals surface area (Å²) in [5.74, 6) is 1.50. The molecule has 108 valence electrons. The molecule has 6 heteroatoms. The largest absolute Gasteiger partial charge is 0.337 e. The van der Waals surface area contributed by atoms with Crippen molar-refractivity contribution in [1.29, 1.82) is 0 Å². The molecule has 1 aliphatic heterocycles. The normalized spacial score (nSPS) is 24.3. The molecule has 2 aromatic rings. The first kappa shape index (κ1) is 12.9. The minimum Gasteiger partial charge on any atom is -0.337 e. The maximum absolute atomic E-state index is 12.6. The van der Waals surface area contributed by atoms with Gasteiger partial charge in [-0.2, -0.15) is 0 Å². The average molecular weight is 300 g/mol. The second-order valence-electron chi connectivity index (χ2n) is 5.79. The number of nitrogens with zero attached hydrogens (tertiary/aromatic N) is 4. The first-order valence-electron chi connectivity index (χ1n) is 7.32. The Morgan fingerprint density at radius 3 is 2.76 bits per heavy atom. The van der Waals surface area contributed by atoms with Gasteiger partial charge in [0.2, 0.25) is 0 Å². The standard InChI is InChI=1S/C15H16N4OS/c20-15(19-7-10-2-1-3-11(10)8-19)13-9-21-14(18-13)12-6-16-4-5-17-12/h4-6,9-11H,1-3,7-8H2/t10-,11+. The van der Waals surface area contributed by atoms with E-state index in [9.17, 15) is 4.79 Å². The summed E-state index contributed by atoms with van der Waals surface area (Å²) in [7, 11) is 0. The number of thiazole rings is 1. The molecule has 1 saturated carbocycles. The van der Waals surface area contributed by atoms with Gasteiger partial charge in [-0.25, -0.2) is 4.98 Å². The highest BCUT2D eigenvalue weighted by molar-refractivity contribution is 7.13. The van der Waals surface area contributed by atoms with Crippen LogP contribution in [0.4, 0.5) is 0 Å². The molecule has 2 aromatic heterocycles. The fraction of sp³-hybridized carbons (Fsp3) is 0.467. The van der Waals surface area contributed by atoms with Gasteiger partial charge in [0, 0.05) is 30.9 Å². The molecular formula is C15H16N4OS. The Labute approximate surface area is 127 Å². The molecule has 0 spiro atoms. The second kappa shape index (κ2) is 5.18. The molecule has 0 N–H and O–H groups in total. The van der Waals surface area contributed by atoms with E-state index in [1.807, 2.05) is 10.3 Å². The molecule has 2 fully saturated rings. The number of rotatable bonds is 2. The van der Waals surface area contributed by atoms with E-state index in [1.165, 1.54) is 30.6 Å². The van der Waals surface area contributed by atoms with Gasteiger partial charge in [0.25, 0.3) is 5.91 Å². The smallest absolute Gasteiger partial charge is 0.273 e. The average Bonchev–Trinajstić information content (AvgIpc) is 3.22. The minimum atomic E-state index is 0.0655. The fourth-order valence-electron chi connectivity index (χ4n) is 3.46. The molecule has 5 nitrogen and oxygen atoms in total. The maximum atomic E-state index is 12.6. The monoisotopic (exact) mass is 300 g/mol. The van der Waals surface area contributed by atoms with Gasteiger partial charge in [0.15, 0.2) is 0 Å². The van der Waals surface area contributed by atoms with Crippen molar-refractivity contribution in [2.75, 3.05) is 13.1 Å². The number of carbonyl (C=O) groups excluding carboxylic acids is 1. The summed E-state index contributed by atoms with van der Waals surface area (Å²) in [6.07, 6.45) is 8.82. The summed E-state index contributed by atoms with van der Waals surface area (Å²) in [4.78, 5) is 27.2. The van der Waals surface area contributed by atoms with Crippen molar-refractivity contribution in [3.05, 3.63) is 29.7 Å². The molecule has 0 radical (unpaired) electrons. The highest BCUT2D eigenvalue weighted by Crippen LogP contribution is 2.38. The molecular weight excluding hydrogens is 284 g/mol. The van der Waals surface area contributed by atoms with E-state index in [-0.39, 0.29) is 5.91 Å². The number of hydrogen-bond donors (Lipinski definition) is 0. The van der Waals surface area contributed by atoms with Crippen molar-refractivity contribution in [3.8, 4) is 10.7 Å². The predicted molar refractivity (Wildman–Crippen MR) is 79.9 cm³/mol. The van der Waals surface area contributed by atoms with Crippen LogP contribution >= 0.6 is 11.3 Å². The van der Waals surface area contributed by atoms with Gasteiger partial charge in [-0.15, -0.1) is 11.3 Å². The second-order valence-corrected chi connectivity index (χ2v) is 6.65. The van der Waals surface area contributed by atoms with E-state index in [4.69, 9.17) is 0 Å². The van der Waals surface area contributed by atoms with E-state index < -0.39 is 0 Å². The lowest BCUT2D eigenvalue weighted by molar-refractivity contribution is 0.0775. The van der Waals surface area contributed by atoms with Crippen LogP contribution in [0.25, 0.3) is 10.7 Å². The van der Waals surface area contributed by atoms with Crippen LogP contribution in [0, 0.1) is 11.8 Å². The van der Waals surface area contributed by atoms with Crippen molar-refractivity contribution >= 4 is 17.2 Å². The lowest BCUT2D eigenvalue weighted by atomic mass is 10.0. The molecule has 2 aliphatic rings. The third-order valence-corrected chi connectivity index (χ3v) is 5.38. The van der Waals surface area contributed by atoms with Gasteiger partial charge in [-0.3, -0.25) is 14.8 Å². The zero-order valence-electron chi connectivity index (χ0n) is 11.6. The maximum Gasteiger partial charge on any atom is 0.273 e. The van der Waals surface area contributed by atoms with Gasteiger partial charge >= 0.3 is 0 Å². The first-order chi connectivity index (χ1) is 10.3. The van der Waals surface area contributed by atoms with Crippen LogP contribution in [0.3, 0.4) is 0 Å². The summed E-state index contributed by atoms with van der Waals surface area (Å²) in [5.41, 5.74) is 1.26. The Morgan fingerprint density at radius 2 is 2.05 bits per heavy atom. The van der Waals surface area contributed by atoms with Crippen LogP contribution in [0.2, 0.25) is 0 Å². The topological polar surface area (TPSA) is 59.0 Å². The van der Waals surface area contributed by atoms with Crippen LogP contribution in [0.5, 0.6) is 0 Å².